The van der Waals surface area contributed by atoms with Crippen LogP contribution in [0.3, 0.4) is 0 Å². The third-order valence-corrected chi connectivity index (χ3v) is 8.19. The highest BCUT2D eigenvalue weighted by Gasteiger charge is 2.34. The highest BCUT2D eigenvalue weighted by Crippen LogP contribution is 2.22. The summed E-state index contributed by atoms with van der Waals surface area (Å²) in [6.07, 6.45) is 2.38. The monoisotopic (exact) mass is 270 g/mol. The molecule has 0 heterocycles. The van der Waals surface area contributed by atoms with Crippen LogP contribution in [0, 0.1) is 0 Å². The molecule has 0 aromatic heterocycles. The van der Waals surface area contributed by atoms with Gasteiger partial charge in [0.15, 0.2) is 0 Å². The zero-order valence-electron chi connectivity index (χ0n) is 11.1. The first-order valence-corrected chi connectivity index (χ1v) is 9.28. The van der Waals surface area contributed by atoms with E-state index < -0.39 is 8.32 Å². The summed E-state index contributed by atoms with van der Waals surface area (Å²) >= 11 is 5.97. The molecule has 1 rings (SSSR count). The second-order valence-electron chi connectivity index (χ2n) is 4.43. The van der Waals surface area contributed by atoms with Gasteiger partial charge in [0.05, 0.1) is 0 Å². The number of hydrogen-bond acceptors (Lipinski definition) is 1. The molecule has 0 aliphatic carbocycles. The van der Waals surface area contributed by atoms with E-state index >= 15 is 0 Å². The van der Waals surface area contributed by atoms with Crippen molar-refractivity contribution in [3.63, 3.8) is 0 Å². The molecule has 0 spiro atoms. The van der Waals surface area contributed by atoms with E-state index in [-0.39, 0.29) is 0 Å². The Kier molecular flexibility index (Phi) is 6.24. The third-order valence-electron chi connectivity index (χ3n) is 3.10. The Morgan fingerprint density at radius 2 is 1.53 bits per heavy atom. The quantitative estimate of drug-likeness (QED) is 0.670. The molecule has 0 bridgehead atoms. The molecule has 0 radical (unpaired) electrons. The molecule has 0 atom stereocenters. The van der Waals surface area contributed by atoms with Crippen molar-refractivity contribution in [1.82, 2.24) is 0 Å². The summed E-state index contributed by atoms with van der Waals surface area (Å²) in [6, 6.07) is 10.7. The summed E-state index contributed by atoms with van der Waals surface area (Å²) in [5.41, 5.74) is 0. The Hall–Kier alpha value is -0.313. The summed E-state index contributed by atoms with van der Waals surface area (Å²) in [5.74, 6) is 0. The first-order valence-electron chi connectivity index (χ1n) is 6.58. The summed E-state index contributed by atoms with van der Waals surface area (Å²) in [5, 5.41) is 2.20. The van der Waals surface area contributed by atoms with Crippen molar-refractivity contribution in [3.05, 3.63) is 29.3 Å². The SMILES string of the molecule is CCC[Si](CCC)(OCC)c1ccc(Cl)cc1. The van der Waals surface area contributed by atoms with Gasteiger partial charge < -0.3 is 4.43 Å². The van der Waals surface area contributed by atoms with Crippen LogP contribution in [0.1, 0.15) is 33.6 Å². The number of halogens is 1. The molecule has 1 aromatic rings. The van der Waals surface area contributed by atoms with Crippen molar-refractivity contribution in [2.45, 2.75) is 45.7 Å². The molecular formula is C14H23ClOSi. The minimum atomic E-state index is -1.75. The zero-order valence-corrected chi connectivity index (χ0v) is 12.9. The van der Waals surface area contributed by atoms with Crippen LogP contribution in [-0.4, -0.2) is 14.9 Å². The van der Waals surface area contributed by atoms with Crippen LogP contribution in [-0.2, 0) is 4.43 Å². The molecule has 0 unspecified atom stereocenters. The van der Waals surface area contributed by atoms with Crippen molar-refractivity contribution in [2.24, 2.45) is 0 Å². The summed E-state index contributed by atoms with van der Waals surface area (Å²) in [6.45, 7) is 7.40. The maximum atomic E-state index is 6.23. The maximum absolute atomic E-state index is 6.23. The lowest BCUT2D eigenvalue weighted by Gasteiger charge is -2.31. The van der Waals surface area contributed by atoms with Crippen LogP contribution in [0.5, 0.6) is 0 Å². The second kappa shape index (κ2) is 7.19. The van der Waals surface area contributed by atoms with Crippen molar-refractivity contribution >= 4 is 25.1 Å². The van der Waals surface area contributed by atoms with Crippen LogP contribution in [0.4, 0.5) is 0 Å². The van der Waals surface area contributed by atoms with Gasteiger partial charge in [-0.2, -0.15) is 0 Å². The van der Waals surface area contributed by atoms with Crippen molar-refractivity contribution in [1.29, 1.82) is 0 Å². The van der Waals surface area contributed by atoms with Crippen LogP contribution in [0.25, 0.3) is 0 Å². The predicted molar refractivity (Wildman–Crippen MR) is 78.7 cm³/mol. The van der Waals surface area contributed by atoms with Gasteiger partial charge in [0.2, 0.25) is 8.32 Å². The molecule has 0 N–H and O–H groups in total. The first-order chi connectivity index (χ1) is 8.18. The summed E-state index contributed by atoms with van der Waals surface area (Å²) < 4.78 is 6.23. The van der Waals surface area contributed by atoms with Gasteiger partial charge in [-0.15, -0.1) is 0 Å². The molecule has 0 aliphatic heterocycles. The molecule has 96 valence electrons. The Morgan fingerprint density at radius 3 is 1.94 bits per heavy atom. The fourth-order valence-electron chi connectivity index (χ4n) is 2.48. The van der Waals surface area contributed by atoms with E-state index in [0.29, 0.717) is 0 Å². The molecule has 1 aromatic carbocycles. The van der Waals surface area contributed by atoms with Gasteiger partial charge in [-0.25, -0.2) is 0 Å². The zero-order chi connectivity index (χ0) is 12.7. The van der Waals surface area contributed by atoms with Crippen molar-refractivity contribution < 1.29 is 4.43 Å². The van der Waals surface area contributed by atoms with E-state index in [9.17, 15) is 0 Å². The molecule has 1 nitrogen and oxygen atoms in total. The van der Waals surface area contributed by atoms with Crippen LogP contribution >= 0.6 is 11.6 Å². The summed E-state index contributed by atoms with van der Waals surface area (Å²) in [4.78, 5) is 0. The van der Waals surface area contributed by atoms with Crippen LogP contribution in [0.15, 0.2) is 24.3 Å². The lowest BCUT2D eigenvalue weighted by molar-refractivity contribution is 0.327. The molecule has 17 heavy (non-hydrogen) atoms. The third kappa shape index (κ3) is 3.83. The second-order valence-corrected chi connectivity index (χ2v) is 8.73. The average molecular weight is 271 g/mol. The van der Waals surface area contributed by atoms with Gasteiger partial charge in [-0.05, 0) is 36.3 Å². The minimum Gasteiger partial charge on any atom is -0.413 e. The van der Waals surface area contributed by atoms with Crippen molar-refractivity contribution in [2.75, 3.05) is 6.61 Å². The fraction of sp³-hybridized carbons (Fsp3) is 0.571. The van der Waals surface area contributed by atoms with E-state index in [1.54, 1.807) is 0 Å². The molecule has 0 saturated carbocycles. The number of rotatable bonds is 7. The highest BCUT2D eigenvalue weighted by molar-refractivity contribution is 6.86. The van der Waals surface area contributed by atoms with E-state index in [1.165, 1.54) is 30.1 Å². The van der Waals surface area contributed by atoms with E-state index in [4.69, 9.17) is 16.0 Å². The molecule has 0 amide bonds. The van der Waals surface area contributed by atoms with E-state index in [0.717, 1.165) is 11.6 Å². The summed E-state index contributed by atoms with van der Waals surface area (Å²) in [7, 11) is -1.75. The number of benzene rings is 1. The Labute approximate surface area is 111 Å². The van der Waals surface area contributed by atoms with Gasteiger partial charge in [0.1, 0.15) is 0 Å². The Bertz CT molecular complexity index is 306. The lowest BCUT2D eigenvalue weighted by Crippen LogP contribution is -2.50. The largest absolute Gasteiger partial charge is 0.413 e. The van der Waals surface area contributed by atoms with Crippen LogP contribution in [0.2, 0.25) is 17.1 Å². The van der Waals surface area contributed by atoms with Gasteiger partial charge in [-0.3, -0.25) is 0 Å². The van der Waals surface area contributed by atoms with E-state index in [1.807, 2.05) is 12.1 Å². The van der Waals surface area contributed by atoms with Crippen molar-refractivity contribution in [3.8, 4) is 0 Å². The smallest absolute Gasteiger partial charge is 0.224 e. The molecule has 0 fully saturated rings. The number of hydrogen-bond donors (Lipinski definition) is 0. The highest BCUT2D eigenvalue weighted by atomic mass is 35.5. The first kappa shape index (κ1) is 14.7. The molecular weight excluding hydrogens is 248 g/mol. The normalized spacial score (nSPS) is 11.8. The van der Waals surface area contributed by atoms with Gasteiger partial charge in [0, 0.05) is 11.6 Å². The molecule has 0 aliphatic rings. The van der Waals surface area contributed by atoms with Gasteiger partial charge in [0.25, 0.3) is 0 Å². The topological polar surface area (TPSA) is 9.23 Å². The minimum absolute atomic E-state index is 0.807. The van der Waals surface area contributed by atoms with Gasteiger partial charge >= 0.3 is 0 Å². The van der Waals surface area contributed by atoms with Gasteiger partial charge in [-0.1, -0.05) is 50.4 Å². The predicted octanol–water partition coefficient (Wildman–Crippen LogP) is 4.35. The molecule has 3 heteroatoms. The maximum Gasteiger partial charge on any atom is 0.224 e. The van der Waals surface area contributed by atoms with E-state index in [2.05, 4.69) is 32.9 Å². The van der Waals surface area contributed by atoms with Crippen LogP contribution < -0.4 is 5.19 Å². The lowest BCUT2D eigenvalue weighted by atomic mass is 10.4. The average Bonchev–Trinajstić information content (AvgIpc) is 2.30. The standard InChI is InChI=1S/C14H23ClOSi/c1-4-11-17(12-5-2,16-6-3)14-9-7-13(15)8-10-14/h7-10H,4-6,11-12H2,1-3H3. The molecule has 0 saturated heterocycles. The Morgan fingerprint density at radius 1 is 1.00 bits per heavy atom. The Balaban J connectivity index is 3.04. The fourth-order valence-corrected chi connectivity index (χ4v) is 6.83.